The zero-order valence-electron chi connectivity index (χ0n) is 16.0. The summed E-state index contributed by atoms with van der Waals surface area (Å²) in [6.07, 6.45) is 1.45. The minimum Gasteiger partial charge on any atom is -0.347 e. The van der Waals surface area contributed by atoms with Gasteiger partial charge in [0.05, 0.1) is 0 Å². The molecule has 2 aromatic carbocycles. The normalized spacial score (nSPS) is 11.9. The fraction of sp³-hybridized carbons (Fsp3) is 0.364. The third-order valence-electron chi connectivity index (χ3n) is 4.19. The van der Waals surface area contributed by atoms with Crippen LogP contribution in [0.3, 0.4) is 0 Å². The van der Waals surface area contributed by atoms with Gasteiger partial charge in [-0.25, -0.2) is 0 Å². The Kier molecular flexibility index (Phi) is 6.96. The Balaban J connectivity index is 2.11. The van der Waals surface area contributed by atoms with E-state index in [1.807, 2.05) is 54.6 Å². The SMILES string of the molecule is CC(C)Cc1ccc(C(=O)NC(Cc2ccccc2)C(=O)N(C)C)cc1. The van der Waals surface area contributed by atoms with Gasteiger partial charge in [-0.1, -0.05) is 56.3 Å². The lowest BCUT2D eigenvalue weighted by molar-refractivity contribution is -0.130. The molecule has 138 valence electrons. The van der Waals surface area contributed by atoms with Gasteiger partial charge in [0.25, 0.3) is 5.91 Å². The van der Waals surface area contributed by atoms with E-state index in [2.05, 4.69) is 19.2 Å². The summed E-state index contributed by atoms with van der Waals surface area (Å²) in [5.74, 6) is 0.235. The Morgan fingerprint density at radius 3 is 2.00 bits per heavy atom. The highest BCUT2D eigenvalue weighted by molar-refractivity contribution is 5.97. The van der Waals surface area contributed by atoms with Crippen LogP contribution >= 0.6 is 0 Å². The number of hydrogen-bond acceptors (Lipinski definition) is 2. The molecule has 2 aromatic rings. The van der Waals surface area contributed by atoms with Crippen LogP contribution in [0.5, 0.6) is 0 Å². The summed E-state index contributed by atoms with van der Waals surface area (Å²) in [7, 11) is 3.40. The van der Waals surface area contributed by atoms with Crippen LogP contribution in [0.2, 0.25) is 0 Å². The van der Waals surface area contributed by atoms with Gasteiger partial charge in [0.1, 0.15) is 6.04 Å². The molecule has 1 N–H and O–H groups in total. The Hall–Kier alpha value is -2.62. The van der Waals surface area contributed by atoms with Gasteiger partial charge in [0, 0.05) is 26.1 Å². The predicted molar refractivity (Wildman–Crippen MR) is 105 cm³/mol. The van der Waals surface area contributed by atoms with Crippen LogP contribution in [0.4, 0.5) is 0 Å². The highest BCUT2D eigenvalue weighted by Crippen LogP contribution is 2.11. The molecule has 0 aliphatic rings. The maximum Gasteiger partial charge on any atom is 0.251 e. The Morgan fingerprint density at radius 1 is 0.885 bits per heavy atom. The van der Waals surface area contributed by atoms with Crippen molar-refractivity contribution in [3.63, 3.8) is 0 Å². The fourth-order valence-corrected chi connectivity index (χ4v) is 2.87. The number of nitrogens with zero attached hydrogens (tertiary/aromatic N) is 1. The van der Waals surface area contributed by atoms with Crippen LogP contribution in [0.25, 0.3) is 0 Å². The third kappa shape index (κ3) is 5.73. The molecule has 0 aromatic heterocycles. The van der Waals surface area contributed by atoms with E-state index < -0.39 is 6.04 Å². The minimum absolute atomic E-state index is 0.112. The van der Waals surface area contributed by atoms with E-state index in [0.717, 1.165) is 12.0 Å². The van der Waals surface area contributed by atoms with Crippen LogP contribution < -0.4 is 5.32 Å². The first-order valence-electron chi connectivity index (χ1n) is 9.01. The second-order valence-corrected chi connectivity index (χ2v) is 7.24. The molecule has 0 heterocycles. The highest BCUT2D eigenvalue weighted by atomic mass is 16.2. The average molecular weight is 352 g/mol. The van der Waals surface area contributed by atoms with E-state index in [-0.39, 0.29) is 11.8 Å². The predicted octanol–water partition coefficient (Wildman–Crippen LogP) is 3.31. The molecule has 2 rings (SSSR count). The average Bonchev–Trinajstić information content (AvgIpc) is 2.61. The minimum atomic E-state index is -0.588. The van der Waals surface area contributed by atoms with Crippen molar-refractivity contribution in [2.45, 2.75) is 32.7 Å². The monoisotopic (exact) mass is 352 g/mol. The molecule has 0 saturated carbocycles. The number of carbonyl (C=O) groups is 2. The largest absolute Gasteiger partial charge is 0.347 e. The van der Waals surface area contributed by atoms with Gasteiger partial charge in [0.2, 0.25) is 5.91 Å². The number of hydrogen-bond donors (Lipinski definition) is 1. The Morgan fingerprint density at radius 2 is 1.46 bits per heavy atom. The van der Waals surface area contributed by atoms with Gasteiger partial charge >= 0.3 is 0 Å². The second-order valence-electron chi connectivity index (χ2n) is 7.24. The van der Waals surface area contributed by atoms with Crippen molar-refractivity contribution in [2.75, 3.05) is 14.1 Å². The molecule has 26 heavy (non-hydrogen) atoms. The Labute approximate surface area is 156 Å². The van der Waals surface area contributed by atoms with Crippen LogP contribution in [-0.2, 0) is 17.6 Å². The molecule has 2 amide bonds. The van der Waals surface area contributed by atoms with Gasteiger partial charge in [0.15, 0.2) is 0 Å². The first kappa shape index (κ1) is 19.7. The van der Waals surface area contributed by atoms with Crippen molar-refractivity contribution < 1.29 is 9.59 Å². The number of rotatable bonds is 7. The van der Waals surface area contributed by atoms with Crippen molar-refractivity contribution in [1.29, 1.82) is 0 Å². The quantitative estimate of drug-likeness (QED) is 0.831. The maximum absolute atomic E-state index is 12.6. The first-order valence-corrected chi connectivity index (χ1v) is 9.01. The van der Waals surface area contributed by atoms with Crippen LogP contribution in [0.1, 0.15) is 35.3 Å². The molecule has 0 bridgehead atoms. The topological polar surface area (TPSA) is 49.4 Å². The summed E-state index contributed by atoms with van der Waals surface area (Å²) < 4.78 is 0. The number of benzene rings is 2. The van der Waals surface area contributed by atoms with Crippen molar-refractivity contribution in [2.24, 2.45) is 5.92 Å². The smallest absolute Gasteiger partial charge is 0.251 e. The van der Waals surface area contributed by atoms with Crippen LogP contribution in [-0.4, -0.2) is 36.9 Å². The fourth-order valence-electron chi connectivity index (χ4n) is 2.87. The van der Waals surface area contributed by atoms with E-state index in [9.17, 15) is 9.59 Å². The molecular formula is C22H28N2O2. The lowest BCUT2D eigenvalue weighted by atomic mass is 10.0. The molecular weight excluding hydrogens is 324 g/mol. The molecule has 4 nitrogen and oxygen atoms in total. The van der Waals surface area contributed by atoms with E-state index in [0.29, 0.717) is 17.9 Å². The molecule has 1 atom stereocenters. The summed E-state index contributed by atoms with van der Waals surface area (Å²) in [4.78, 5) is 26.6. The van der Waals surface area contributed by atoms with Gasteiger partial charge in [-0.2, -0.15) is 0 Å². The molecule has 4 heteroatoms. The summed E-state index contributed by atoms with van der Waals surface area (Å²) >= 11 is 0. The molecule has 0 radical (unpaired) electrons. The summed E-state index contributed by atoms with van der Waals surface area (Å²) in [5.41, 5.74) is 2.80. The first-order chi connectivity index (χ1) is 12.4. The van der Waals surface area contributed by atoms with E-state index in [1.54, 1.807) is 14.1 Å². The van der Waals surface area contributed by atoms with E-state index in [1.165, 1.54) is 10.5 Å². The summed E-state index contributed by atoms with van der Waals surface area (Å²) in [6, 6.07) is 16.7. The van der Waals surface area contributed by atoms with Gasteiger partial charge < -0.3 is 10.2 Å². The van der Waals surface area contributed by atoms with Crippen molar-refractivity contribution in [3.05, 3.63) is 71.3 Å². The highest BCUT2D eigenvalue weighted by Gasteiger charge is 2.23. The lowest BCUT2D eigenvalue weighted by Crippen LogP contribution is -2.47. The van der Waals surface area contributed by atoms with E-state index >= 15 is 0 Å². The molecule has 0 spiro atoms. The van der Waals surface area contributed by atoms with Crippen molar-refractivity contribution >= 4 is 11.8 Å². The standard InChI is InChI=1S/C22H28N2O2/c1-16(2)14-18-10-12-19(13-11-18)21(25)23-20(22(26)24(3)4)15-17-8-6-5-7-9-17/h5-13,16,20H,14-15H2,1-4H3,(H,23,25). The van der Waals surface area contributed by atoms with Gasteiger partial charge in [-0.15, -0.1) is 0 Å². The molecule has 1 unspecified atom stereocenters. The van der Waals surface area contributed by atoms with Crippen molar-refractivity contribution in [1.82, 2.24) is 10.2 Å². The molecule has 0 aliphatic carbocycles. The number of likely N-dealkylation sites (N-methyl/N-ethyl adjacent to an activating group) is 1. The zero-order chi connectivity index (χ0) is 19.1. The number of amides is 2. The number of carbonyl (C=O) groups excluding carboxylic acids is 2. The molecule has 0 saturated heterocycles. The lowest BCUT2D eigenvalue weighted by Gasteiger charge is -2.22. The second kappa shape index (κ2) is 9.18. The maximum atomic E-state index is 12.6. The summed E-state index contributed by atoms with van der Waals surface area (Å²) in [6.45, 7) is 4.34. The van der Waals surface area contributed by atoms with Crippen molar-refractivity contribution in [3.8, 4) is 0 Å². The molecule has 0 aliphatic heterocycles. The zero-order valence-corrected chi connectivity index (χ0v) is 16.0. The molecule has 0 fully saturated rings. The van der Waals surface area contributed by atoms with Gasteiger partial charge in [-0.05, 0) is 35.6 Å². The summed E-state index contributed by atoms with van der Waals surface area (Å²) in [5, 5.41) is 2.89. The third-order valence-corrected chi connectivity index (χ3v) is 4.19. The van der Waals surface area contributed by atoms with Crippen LogP contribution in [0, 0.1) is 5.92 Å². The van der Waals surface area contributed by atoms with Gasteiger partial charge in [-0.3, -0.25) is 9.59 Å². The van der Waals surface area contributed by atoms with E-state index in [4.69, 9.17) is 0 Å². The number of nitrogens with one attached hydrogen (secondary N) is 1. The van der Waals surface area contributed by atoms with Crippen LogP contribution in [0.15, 0.2) is 54.6 Å². The Bertz CT molecular complexity index is 722.